The number of nitriles is 2. The van der Waals surface area contributed by atoms with Gasteiger partial charge in [-0.3, -0.25) is 10.2 Å². The van der Waals surface area contributed by atoms with E-state index < -0.39 is 5.91 Å². The molecule has 1 saturated heterocycles. The molecule has 34 heavy (non-hydrogen) atoms. The number of nitrogens with one attached hydrogen (secondary N) is 1. The lowest BCUT2D eigenvalue weighted by atomic mass is 10.0. The zero-order valence-electron chi connectivity index (χ0n) is 18.7. The third-order valence-corrected chi connectivity index (χ3v) is 5.87. The summed E-state index contributed by atoms with van der Waals surface area (Å²) in [4.78, 5) is 13.1. The fourth-order valence-corrected chi connectivity index (χ4v) is 4.12. The normalized spacial score (nSPS) is 13.8. The van der Waals surface area contributed by atoms with Crippen molar-refractivity contribution in [1.29, 1.82) is 10.5 Å². The molecule has 2 aromatic carbocycles. The van der Waals surface area contributed by atoms with E-state index in [-0.39, 0.29) is 11.3 Å². The standard InChI is InChI=1S/C25H23ClN6O2/c1-17-4-9-22(21(26)15-17)32-24(19-7-5-18(6-8-19)3-2-10-27)20(16-28)23(29-32)25(33)30-31-11-13-34-14-12-31/h4-9,15H,2-3,11-14H2,1H3,(H,30,33). The van der Waals surface area contributed by atoms with Crippen molar-refractivity contribution in [1.82, 2.24) is 20.2 Å². The monoisotopic (exact) mass is 474 g/mol. The molecule has 0 aliphatic carbocycles. The average molecular weight is 475 g/mol. The first-order valence-electron chi connectivity index (χ1n) is 10.9. The van der Waals surface area contributed by atoms with E-state index in [1.54, 1.807) is 9.69 Å². The van der Waals surface area contributed by atoms with E-state index in [4.69, 9.17) is 21.6 Å². The topological polar surface area (TPSA) is 107 Å². The molecular weight excluding hydrogens is 452 g/mol. The highest BCUT2D eigenvalue weighted by molar-refractivity contribution is 6.32. The number of carbonyl (C=O) groups excluding carboxylic acids is 1. The summed E-state index contributed by atoms with van der Waals surface area (Å²) in [7, 11) is 0. The minimum atomic E-state index is -0.465. The summed E-state index contributed by atoms with van der Waals surface area (Å²) in [5.41, 5.74) is 6.77. The van der Waals surface area contributed by atoms with Gasteiger partial charge in [-0.2, -0.15) is 15.6 Å². The molecule has 0 radical (unpaired) electrons. The lowest BCUT2D eigenvalue weighted by Gasteiger charge is -2.26. The van der Waals surface area contributed by atoms with Crippen LogP contribution in [0.3, 0.4) is 0 Å². The second kappa shape index (κ2) is 10.5. The van der Waals surface area contributed by atoms with Crippen LogP contribution in [0.1, 0.15) is 33.6 Å². The van der Waals surface area contributed by atoms with E-state index in [9.17, 15) is 10.1 Å². The number of aryl methyl sites for hydroxylation is 2. The second-order valence-corrected chi connectivity index (χ2v) is 8.35. The summed E-state index contributed by atoms with van der Waals surface area (Å²) in [5.74, 6) is -0.465. The van der Waals surface area contributed by atoms with Crippen molar-refractivity contribution in [2.45, 2.75) is 19.8 Å². The van der Waals surface area contributed by atoms with Gasteiger partial charge in [0, 0.05) is 25.1 Å². The van der Waals surface area contributed by atoms with Gasteiger partial charge in [0.05, 0.1) is 35.7 Å². The molecule has 1 aliphatic rings. The molecule has 1 N–H and O–H groups in total. The summed E-state index contributed by atoms with van der Waals surface area (Å²) < 4.78 is 6.88. The molecule has 1 aliphatic heterocycles. The van der Waals surface area contributed by atoms with Crippen LogP contribution in [-0.2, 0) is 11.2 Å². The highest BCUT2D eigenvalue weighted by atomic mass is 35.5. The van der Waals surface area contributed by atoms with Gasteiger partial charge < -0.3 is 4.74 Å². The molecule has 3 aromatic rings. The zero-order chi connectivity index (χ0) is 24.1. The van der Waals surface area contributed by atoms with Crippen LogP contribution in [-0.4, -0.2) is 47.0 Å². The van der Waals surface area contributed by atoms with Crippen molar-refractivity contribution < 1.29 is 9.53 Å². The number of carbonyl (C=O) groups is 1. The van der Waals surface area contributed by atoms with Crippen LogP contribution in [0.15, 0.2) is 42.5 Å². The Morgan fingerprint density at radius 1 is 1.18 bits per heavy atom. The van der Waals surface area contributed by atoms with Crippen molar-refractivity contribution in [3.63, 3.8) is 0 Å². The number of aromatic nitrogens is 2. The van der Waals surface area contributed by atoms with Gasteiger partial charge in [0.25, 0.3) is 5.91 Å². The minimum absolute atomic E-state index is 0.0224. The predicted octanol–water partition coefficient (Wildman–Crippen LogP) is 3.81. The lowest BCUT2D eigenvalue weighted by molar-refractivity contribution is 0.0124. The van der Waals surface area contributed by atoms with Gasteiger partial charge in [-0.05, 0) is 36.6 Å². The van der Waals surface area contributed by atoms with Gasteiger partial charge >= 0.3 is 0 Å². The van der Waals surface area contributed by atoms with Crippen LogP contribution in [0, 0.1) is 29.6 Å². The number of nitrogens with zero attached hydrogens (tertiary/aromatic N) is 5. The summed E-state index contributed by atoms with van der Waals surface area (Å²) in [6.07, 6.45) is 1.06. The maximum atomic E-state index is 13.1. The molecule has 4 rings (SSSR count). The van der Waals surface area contributed by atoms with E-state index in [1.807, 2.05) is 49.4 Å². The smallest absolute Gasteiger partial charge is 0.287 e. The van der Waals surface area contributed by atoms with E-state index in [2.05, 4.69) is 22.7 Å². The van der Waals surface area contributed by atoms with Crippen molar-refractivity contribution in [3.8, 4) is 29.1 Å². The Balaban J connectivity index is 1.81. The molecule has 0 spiro atoms. The van der Waals surface area contributed by atoms with Gasteiger partial charge in [0.1, 0.15) is 11.6 Å². The minimum Gasteiger partial charge on any atom is -0.379 e. The number of ether oxygens (including phenoxy) is 1. The maximum absolute atomic E-state index is 13.1. The predicted molar refractivity (Wildman–Crippen MR) is 127 cm³/mol. The Morgan fingerprint density at radius 3 is 2.56 bits per heavy atom. The number of morpholine rings is 1. The third kappa shape index (κ3) is 4.95. The van der Waals surface area contributed by atoms with Gasteiger partial charge in [0.15, 0.2) is 5.69 Å². The Labute approximate surface area is 202 Å². The fourth-order valence-electron chi connectivity index (χ4n) is 3.81. The van der Waals surface area contributed by atoms with E-state index in [0.717, 1.165) is 11.1 Å². The largest absolute Gasteiger partial charge is 0.379 e. The van der Waals surface area contributed by atoms with Crippen LogP contribution in [0.2, 0.25) is 5.02 Å². The molecule has 0 unspecified atom stereocenters. The van der Waals surface area contributed by atoms with E-state index >= 15 is 0 Å². The van der Waals surface area contributed by atoms with Crippen molar-refractivity contribution in [3.05, 3.63) is 69.9 Å². The fraction of sp³-hybridized carbons (Fsp3) is 0.280. The number of benzene rings is 2. The number of hydrazine groups is 1. The first-order valence-corrected chi connectivity index (χ1v) is 11.3. The Kier molecular flexibility index (Phi) is 7.24. The average Bonchev–Trinajstić information content (AvgIpc) is 3.23. The molecular formula is C25H23ClN6O2. The first kappa shape index (κ1) is 23.5. The molecule has 1 fully saturated rings. The van der Waals surface area contributed by atoms with E-state index in [1.165, 1.54) is 0 Å². The highest BCUT2D eigenvalue weighted by Crippen LogP contribution is 2.32. The molecule has 1 amide bonds. The Bertz CT molecular complexity index is 1280. The van der Waals surface area contributed by atoms with Crippen LogP contribution in [0.25, 0.3) is 16.9 Å². The summed E-state index contributed by atoms with van der Waals surface area (Å²) in [6, 6.07) is 17.4. The Hall–Kier alpha value is -3.69. The number of halogens is 1. The first-order chi connectivity index (χ1) is 16.5. The zero-order valence-corrected chi connectivity index (χ0v) is 19.5. The van der Waals surface area contributed by atoms with Gasteiger partial charge in [0.2, 0.25) is 0 Å². The summed E-state index contributed by atoms with van der Waals surface area (Å²) >= 11 is 6.55. The van der Waals surface area contributed by atoms with Crippen molar-refractivity contribution in [2.75, 3.05) is 26.3 Å². The molecule has 172 valence electrons. The van der Waals surface area contributed by atoms with Gasteiger partial charge in [-0.25, -0.2) is 9.69 Å². The number of amides is 1. The van der Waals surface area contributed by atoms with Gasteiger partial charge in [-0.15, -0.1) is 0 Å². The lowest BCUT2D eigenvalue weighted by Crippen LogP contribution is -2.48. The molecule has 0 saturated carbocycles. The molecule has 1 aromatic heterocycles. The van der Waals surface area contributed by atoms with Gasteiger partial charge in [-0.1, -0.05) is 41.9 Å². The van der Waals surface area contributed by atoms with Crippen LogP contribution in [0.5, 0.6) is 0 Å². The molecule has 0 atom stereocenters. The third-order valence-electron chi connectivity index (χ3n) is 5.57. The van der Waals surface area contributed by atoms with Crippen LogP contribution < -0.4 is 5.43 Å². The SMILES string of the molecule is Cc1ccc(-n2nc(C(=O)NN3CCOCC3)c(C#N)c2-c2ccc(CCC#N)cc2)c(Cl)c1. The quantitative estimate of drug-likeness (QED) is 0.582. The molecule has 0 bridgehead atoms. The molecule has 8 nitrogen and oxygen atoms in total. The number of hydrogen-bond acceptors (Lipinski definition) is 6. The molecule has 2 heterocycles. The summed E-state index contributed by atoms with van der Waals surface area (Å²) in [6.45, 7) is 4.07. The van der Waals surface area contributed by atoms with Crippen LogP contribution >= 0.6 is 11.6 Å². The van der Waals surface area contributed by atoms with E-state index in [0.29, 0.717) is 61.1 Å². The number of rotatable bonds is 6. The Morgan fingerprint density at radius 2 is 1.91 bits per heavy atom. The number of hydrogen-bond donors (Lipinski definition) is 1. The maximum Gasteiger partial charge on any atom is 0.287 e. The molecule has 9 heteroatoms. The summed E-state index contributed by atoms with van der Waals surface area (Å²) in [5, 5.41) is 25.7. The second-order valence-electron chi connectivity index (χ2n) is 7.95. The van der Waals surface area contributed by atoms with Crippen molar-refractivity contribution in [2.24, 2.45) is 0 Å². The van der Waals surface area contributed by atoms with Crippen molar-refractivity contribution >= 4 is 17.5 Å². The van der Waals surface area contributed by atoms with Crippen LogP contribution in [0.4, 0.5) is 0 Å². The highest BCUT2D eigenvalue weighted by Gasteiger charge is 2.27.